The Morgan fingerprint density at radius 1 is 0.472 bits per heavy atom. The number of hydrogen-bond donors (Lipinski definition) is 1. The van der Waals surface area contributed by atoms with Crippen LogP contribution in [0.3, 0.4) is 0 Å². The minimum Gasteiger partial charge on any atom is -0.398 e. The number of hydrogen-bond acceptors (Lipinski definition) is 3. The van der Waals surface area contributed by atoms with Crippen molar-refractivity contribution in [2.45, 2.75) is 0 Å². The normalized spacial score (nSPS) is 11.4. The van der Waals surface area contributed by atoms with Gasteiger partial charge in [0, 0.05) is 22.4 Å². The maximum absolute atomic E-state index is 6.39. The lowest BCUT2D eigenvalue weighted by molar-refractivity contribution is 1.47. The number of nitrogen functional groups attached to an aromatic ring is 1. The van der Waals surface area contributed by atoms with Crippen molar-refractivity contribution in [2.24, 2.45) is 0 Å². The first kappa shape index (κ1) is 20.9. The van der Waals surface area contributed by atoms with Gasteiger partial charge in [-0.25, -0.2) is 4.98 Å². The Kier molecular flexibility index (Phi) is 4.83. The molecule has 0 amide bonds. The Morgan fingerprint density at radius 3 is 1.69 bits per heavy atom. The molecule has 170 valence electrons. The predicted octanol–water partition coefficient (Wildman–Crippen LogP) is 9.19. The fourth-order valence-electron chi connectivity index (χ4n) is 5.16. The van der Waals surface area contributed by atoms with Crippen LogP contribution in [0.2, 0.25) is 0 Å². The molecule has 0 fully saturated rings. The van der Waals surface area contributed by atoms with Crippen LogP contribution >= 0.6 is 11.3 Å². The average Bonchev–Trinajstić information content (AvgIpc) is 3.38. The van der Waals surface area contributed by atoms with Crippen molar-refractivity contribution in [3.8, 4) is 32.8 Å². The van der Waals surface area contributed by atoms with Crippen LogP contribution in [0.25, 0.3) is 64.6 Å². The molecule has 0 aliphatic rings. The van der Waals surface area contributed by atoms with E-state index in [0.29, 0.717) is 0 Å². The summed E-state index contributed by atoms with van der Waals surface area (Å²) in [7, 11) is 0. The molecule has 0 atom stereocenters. The van der Waals surface area contributed by atoms with E-state index < -0.39 is 0 Å². The van der Waals surface area contributed by atoms with E-state index in [4.69, 9.17) is 10.7 Å². The van der Waals surface area contributed by atoms with E-state index in [9.17, 15) is 0 Å². The van der Waals surface area contributed by atoms with Crippen molar-refractivity contribution in [1.29, 1.82) is 0 Å². The van der Waals surface area contributed by atoms with Crippen LogP contribution in [0, 0.1) is 0 Å². The smallest absolute Gasteiger partial charge is 0.126 e. The zero-order chi connectivity index (χ0) is 24.1. The number of nitrogens with two attached hydrogens (primary N) is 1. The number of benzene rings is 6. The van der Waals surface area contributed by atoms with Gasteiger partial charge in [0.25, 0.3) is 0 Å². The van der Waals surface area contributed by atoms with Gasteiger partial charge in [0.05, 0.1) is 10.2 Å². The van der Waals surface area contributed by atoms with E-state index in [1.807, 2.05) is 18.2 Å². The highest BCUT2D eigenvalue weighted by Gasteiger charge is 2.18. The molecule has 36 heavy (non-hydrogen) atoms. The molecule has 0 spiro atoms. The Balaban J connectivity index is 1.57. The number of thiazole rings is 1. The molecule has 7 rings (SSSR count). The summed E-state index contributed by atoms with van der Waals surface area (Å²) in [6.07, 6.45) is 0. The Labute approximate surface area is 213 Å². The molecule has 0 aliphatic heterocycles. The Morgan fingerprint density at radius 2 is 1.00 bits per heavy atom. The van der Waals surface area contributed by atoms with Gasteiger partial charge in [-0.05, 0) is 44.8 Å². The van der Waals surface area contributed by atoms with E-state index in [0.717, 1.165) is 27.3 Å². The first-order chi connectivity index (χ1) is 17.8. The number of para-hydroxylation sites is 1. The lowest BCUT2D eigenvalue weighted by Gasteiger charge is -2.12. The van der Waals surface area contributed by atoms with Crippen molar-refractivity contribution >= 4 is 48.8 Å². The molecule has 2 N–H and O–H groups in total. The standard InChI is InChI=1S/C33H22N2S/c34-30-18-6-5-15-29(30)33-35-31-27(25-16-7-11-21-9-1-3-13-23(21)25)19-20-28(32(31)36-33)26-17-8-12-22-10-2-4-14-24(22)26/h1-20H,34H2. The Hall–Kier alpha value is -4.47. The van der Waals surface area contributed by atoms with Crippen LogP contribution in [0.4, 0.5) is 5.69 Å². The molecular formula is C33H22N2S. The summed E-state index contributed by atoms with van der Waals surface area (Å²) in [5.41, 5.74) is 13.9. The second-order valence-corrected chi connectivity index (χ2v) is 10.00. The fraction of sp³-hybridized carbons (Fsp3) is 0. The van der Waals surface area contributed by atoms with Gasteiger partial charge >= 0.3 is 0 Å². The summed E-state index contributed by atoms with van der Waals surface area (Å²) in [5.74, 6) is 0. The average molecular weight is 479 g/mol. The topological polar surface area (TPSA) is 38.9 Å². The van der Waals surface area contributed by atoms with Crippen LogP contribution < -0.4 is 5.73 Å². The molecule has 1 aromatic heterocycles. The highest BCUT2D eigenvalue weighted by atomic mass is 32.1. The van der Waals surface area contributed by atoms with E-state index in [2.05, 4.69) is 103 Å². The van der Waals surface area contributed by atoms with Gasteiger partial charge in [-0.2, -0.15) is 0 Å². The quantitative estimate of drug-likeness (QED) is 0.257. The lowest BCUT2D eigenvalue weighted by atomic mass is 9.93. The van der Waals surface area contributed by atoms with Gasteiger partial charge in [0.1, 0.15) is 5.01 Å². The third-order valence-electron chi connectivity index (χ3n) is 6.89. The third-order valence-corrected chi connectivity index (χ3v) is 8.02. The minimum atomic E-state index is 0.745. The molecule has 0 bridgehead atoms. The largest absolute Gasteiger partial charge is 0.398 e. The van der Waals surface area contributed by atoms with Crippen molar-refractivity contribution in [3.05, 3.63) is 121 Å². The highest BCUT2D eigenvalue weighted by Crippen LogP contribution is 2.44. The zero-order valence-corrected chi connectivity index (χ0v) is 20.3. The van der Waals surface area contributed by atoms with Crippen molar-refractivity contribution in [3.63, 3.8) is 0 Å². The highest BCUT2D eigenvalue weighted by molar-refractivity contribution is 7.22. The molecule has 3 heteroatoms. The first-order valence-electron chi connectivity index (χ1n) is 12.0. The number of aromatic nitrogens is 1. The second-order valence-electron chi connectivity index (χ2n) is 9.00. The minimum absolute atomic E-state index is 0.745. The molecule has 0 radical (unpaired) electrons. The summed E-state index contributed by atoms with van der Waals surface area (Å²) in [5, 5.41) is 5.88. The molecule has 0 aliphatic carbocycles. The van der Waals surface area contributed by atoms with E-state index in [1.165, 1.54) is 42.9 Å². The molecule has 0 saturated carbocycles. The zero-order valence-electron chi connectivity index (χ0n) is 19.5. The van der Waals surface area contributed by atoms with Crippen LogP contribution in [-0.4, -0.2) is 4.98 Å². The van der Waals surface area contributed by atoms with Crippen molar-refractivity contribution in [1.82, 2.24) is 4.98 Å². The summed E-state index contributed by atoms with van der Waals surface area (Å²) < 4.78 is 1.18. The SMILES string of the molecule is Nc1ccccc1-c1nc2c(-c3cccc4ccccc34)ccc(-c3cccc4ccccc34)c2s1. The van der Waals surface area contributed by atoms with Crippen LogP contribution in [0.1, 0.15) is 0 Å². The molecular weight excluding hydrogens is 456 g/mol. The summed E-state index contributed by atoms with van der Waals surface area (Å²) in [4.78, 5) is 5.23. The number of nitrogens with zero attached hydrogens (tertiary/aromatic N) is 1. The van der Waals surface area contributed by atoms with Gasteiger partial charge in [0.15, 0.2) is 0 Å². The maximum Gasteiger partial charge on any atom is 0.126 e. The summed E-state index contributed by atoms with van der Waals surface area (Å²) in [6, 6.07) is 42.6. The fourth-order valence-corrected chi connectivity index (χ4v) is 6.33. The van der Waals surface area contributed by atoms with Crippen molar-refractivity contribution in [2.75, 3.05) is 5.73 Å². The number of anilines is 1. The maximum atomic E-state index is 6.39. The molecule has 7 aromatic rings. The van der Waals surface area contributed by atoms with E-state index >= 15 is 0 Å². The first-order valence-corrected chi connectivity index (χ1v) is 12.8. The number of rotatable bonds is 3. The van der Waals surface area contributed by atoms with Gasteiger partial charge in [-0.1, -0.05) is 109 Å². The van der Waals surface area contributed by atoms with E-state index in [-0.39, 0.29) is 0 Å². The van der Waals surface area contributed by atoms with E-state index in [1.54, 1.807) is 11.3 Å². The van der Waals surface area contributed by atoms with Gasteiger partial charge in [-0.15, -0.1) is 11.3 Å². The predicted molar refractivity (Wildman–Crippen MR) is 155 cm³/mol. The molecule has 6 aromatic carbocycles. The number of fused-ring (bicyclic) bond motifs is 3. The Bertz CT molecular complexity index is 1790. The molecule has 1 heterocycles. The van der Waals surface area contributed by atoms with Gasteiger partial charge < -0.3 is 5.73 Å². The van der Waals surface area contributed by atoms with Crippen LogP contribution in [-0.2, 0) is 0 Å². The van der Waals surface area contributed by atoms with Crippen LogP contribution in [0.15, 0.2) is 121 Å². The summed E-state index contributed by atoms with van der Waals surface area (Å²) in [6.45, 7) is 0. The van der Waals surface area contributed by atoms with Crippen LogP contribution in [0.5, 0.6) is 0 Å². The summed E-state index contributed by atoms with van der Waals surface area (Å²) >= 11 is 1.72. The lowest BCUT2D eigenvalue weighted by Crippen LogP contribution is -1.89. The molecule has 2 nitrogen and oxygen atoms in total. The monoisotopic (exact) mass is 478 g/mol. The second kappa shape index (κ2) is 8.33. The third kappa shape index (κ3) is 3.29. The van der Waals surface area contributed by atoms with Gasteiger partial charge in [-0.3, -0.25) is 0 Å². The van der Waals surface area contributed by atoms with Crippen molar-refractivity contribution < 1.29 is 0 Å². The van der Waals surface area contributed by atoms with Gasteiger partial charge in [0.2, 0.25) is 0 Å². The molecule has 0 saturated heterocycles. The molecule has 0 unspecified atom stereocenters.